The maximum Gasteiger partial charge on any atom is 0.225 e. The van der Waals surface area contributed by atoms with Crippen LogP contribution in [0.25, 0.3) is 0 Å². The molecule has 2 rings (SSSR count). The number of pyridine rings is 1. The number of anilines is 1. The van der Waals surface area contributed by atoms with Gasteiger partial charge < -0.3 is 5.32 Å². The van der Waals surface area contributed by atoms with Crippen LogP contribution in [0.1, 0.15) is 18.4 Å². The number of thioether (sulfide) groups is 1. The molecule has 0 aliphatic rings. The Morgan fingerprint density at radius 2 is 2.00 bits per heavy atom. The van der Waals surface area contributed by atoms with Gasteiger partial charge in [0.05, 0.1) is 0 Å². The lowest BCUT2D eigenvalue weighted by Gasteiger charge is -2.06. The molecule has 0 atom stereocenters. The van der Waals surface area contributed by atoms with Crippen LogP contribution in [-0.2, 0) is 4.79 Å². The molecule has 0 fully saturated rings. The molecule has 4 heteroatoms. The van der Waals surface area contributed by atoms with Gasteiger partial charge in [0.2, 0.25) is 5.91 Å². The predicted molar refractivity (Wildman–Crippen MR) is 84.0 cm³/mol. The summed E-state index contributed by atoms with van der Waals surface area (Å²) < 4.78 is 0. The molecule has 1 heterocycles. The van der Waals surface area contributed by atoms with E-state index in [9.17, 15) is 4.79 Å². The first-order chi connectivity index (χ1) is 9.75. The molecule has 0 spiro atoms. The largest absolute Gasteiger partial charge is 0.310 e. The van der Waals surface area contributed by atoms with Crippen molar-refractivity contribution in [2.45, 2.75) is 24.7 Å². The van der Waals surface area contributed by atoms with E-state index in [1.807, 2.05) is 37.3 Å². The summed E-state index contributed by atoms with van der Waals surface area (Å²) in [5, 5.41) is 2.85. The Balaban J connectivity index is 1.69. The number of rotatable bonds is 6. The van der Waals surface area contributed by atoms with E-state index < -0.39 is 0 Å². The number of nitrogens with zero attached hydrogens (tertiary/aromatic N) is 1. The number of aromatic nitrogens is 1. The van der Waals surface area contributed by atoms with Crippen LogP contribution in [-0.4, -0.2) is 16.6 Å². The summed E-state index contributed by atoms with van der Waals surface area (Å²) in [6.45, 7) is 1.94. The molecule has 0 aliphatic heterocycles. The summed E-state index contributed by atoms with van der Waals surface area (Å²) in [6.07, 6.45) is 3.07. The van der Waals surface area contributed by atoms with E-state index in [-0.39, 0.29) is 5.91 Å². The summed E-state index contributed by atoms with van der Waals surface area (Å²) >= 11 is 1.78. The number of nitrogens with one attached hydrogen (secondary N) is 1. The van der Waals surface area contributed by atoms with Crippen molar-refractivity contribution >= 4 is 23.5 Å². The summed E-state index contributed by atoms with van der Waals surface area (Å²) in [7, 11) is 0. The third-order valence-electron chi connectivity index (χ3n) is 2.83. The van der Waals surface area contributed by atoms with Gasteiger partial charge in [0.15, 0.2) is 0 Å². The standard InChI is InChI=1S/C16H18N2OS/c1-13-7-5-11-17-16(13)18-15(19)10-6-12-20-14-8-3-2-4-9-14/h2-5,7-9,11H,6,10,12H2,1H3,(H,17,18,19). The Labute approximate surface area is 123 Å². The molecular weight excluding hydrogens is 268 g/mol. The van der Waals surface area contributed by atoms with Crippen molar-refractivity contribution in [2.75, 3.05) is 11.1 Å². The van der Waals surface area contributed by atoms with E-state index in [1.54, 1.807) is 18.0 Å². The second-order valence-corrected chi connectivity index (χ2v) is 5.65. The highest BCUT2D eigenvalue weighted by atomic mass is 32.2. The summed E-state index contributed by atoms with van der Waals surface area (Å²) in [5.41, 5.74) is 0.986. The van der Waals surface area contributed by atoms with Crippen LogP contribution >= 0.6 is 11.8 Å². The van der Waals surface area contributed by atoms with Crippen molar-refractivity contribution in [3.63, 3.8) is 0 Å². The Hall–Kier alpha value is -1.81. The van der Waals surface area contributed by atoms with Gasteiger partial charge in [-0.1, -0.05) is 24.3 Å². The quantitative estimate of drug-likeness (QED) is 0.647. The van der Waals surface area contributed by atoms with Gasteiger partial charge in [-0.05, 0) is 42.9 Å². The third kappa shape index (κ3) is 4.70. The molecule has 20 heavy (non-hydrogen) atoms. The van der Waals surface area contributed by atoms with Gasteiger partial charge >= 0.3 is 0 Å². The fraction of sp³-hybridized carbons (Fsp3) is 0.250. The molecule has 0 unspecified atom stereocenters. The number of aryl methyl sites for hydroxylation is 1. The molecule has 1 aromatic heterocycles. The molecule has 0 bridgehead atoms. The number of benzene rings is 1. The first-order valence-corrected chi connectivity index (χ1v) is 7.63. The predicted octanol–water partition coefficient (Wildman–Crippen LogP) is 3.90. The minimum atomic E-state index is 0.0282. The summed E-state index contributed by atoms with van der Waals surface area (Å²) in [5.74, 6) is 1.63. The van der Waals surface area contributed by atoms with Gasteiger partial charge in [-0.2, -0.15) is 0 Å². The lowest BCUT2D eigenvalue weighted by molar-refractivity contribution is -0.116. The summed E-state index contributed by atoms with van der Waals surface area (Å²) in [4.78, 5) is 17.2. The van der Waals surface area contributed by atoms with Crippen LogP contribution in [0.5, 0.6) is 0 Å². The highest BCUT2D eigenvalue weighted by molar-refractivity contribution is 7.99. The first-order valence-electron chi connectivity index (χ1n) is 6.65. The number of carbonyl (C=O) groups is 1. The lowest BCUT2D eigenvalue weighted by Crippen LogP contribution is -2.13. The minimum absolute atomic E-state index is 0.0282. The van der Waals surface area contributed by atoms with E-state index >= 15 is 0 Å². The molecule has 0 aliphatic carbocycles. The molecule has 1 aromatic carbocycles. The fourth-order valence-corrected chi connectivity index (χ4v) is 2.62. The average Bonchev–Trinajstić information content (AvgIpc) is 2.47. The Morgan fingerprint density at radius 3 is 2.75 bits per heavy atom. The normalized spacial score (nSPS) is 10.2. The third-order valence-corrected chi connectivity index (χ3v) is 3.93. The highest BCUT2D eigenvalue weighted by Gasteiger charge is 2.05. The van der Waals surface area contributed by atoms with Crippen molar-refractivity contribution in [3.8, 4) is 0 Å². The molecule has 2 aromatic rings. The zero-order chi connectivity index (χ0) is 14.2. The smallest absolute Gasteiger partial charge is 0.225 e. The van der Waals surface area contributed by atoms with Crippen LogP contribution in [0, 0.1) is 6.92 Å². The molecule has 104 valence electrons. The number of carbonyl (C=O) groups excluding carboxylic acids is 1. The summed E-state index contributed by atoms with van der Waals surface area (Å²) in [6, 6.07) is 14.0. The van der Waals surface area contributed by atoms with Crippen LogP contribution in [0.3, 0.4) is 0 Å². The van der Waals surface area contributed by atoms with E-state index in [0.717, 1.165) is 17.7 Å². The van der Waals surface area contributed by atoms with Crippen LogP contribution in [0.15, 0.2) is 53.6 Å². The van der Waals surface area contributed by atoms with Crippen LogP contribution < -0.4 is 5.32 Å². The van der Waals surface area contributed by atoms with E-state index in [1.165, 1.54) is 4.90 Å². The first kappa shape index (κ1) is 14.6. The second kappa shape index (κ2) is 7.70. The fourth-order valence-electron chi connectivity index (χ4n) is 1.75. The van der Waals surface area contributed by atoms with Gasteiger partial charge in [-0.25, -0.2) is 4.98 Å². The van der Waals surface area contributed by atoms with Gasteiger partial charge in [0.25, 0.3) is 0 Å². The SMILES string of the molecule is Cc1cccnc1NC(=O)CCCSc1ccccc1. The molecule has 0 saturated carbocycles. The topological polar surface area (TPSA) is 42.0 Å². The van der Waals surface area contributed by atoms with Crippen molar-refractivity contribution in [1.82, 2.24) is 4.98 Å². The molecule has 1 amide bonds. The van der Waals surface area contributed by atoms with Gasteiger partial charge in [0.1, 0.15) is 5.82 Å². The Bertz CT molecular complexity index is 557. The molecule has 1 N–H and O–H groups in total. The minimum Gasteiger partial charge on any atom is -0.310 e. The second-order valence-electron chi connectivity index (χ2n) is 4.48. The Kier molecular flexibility index (Phi) is 5.62. The van der Waals surface area contributed by atoms with Crippen molar-refractivity contribution in [2.24, 2.45) is 0 Å². The van der Waals surface area contributed by atoms with Gasteiger partial charge in [-0.3, -0.25) is 4.79 Å². The highest BCUT2D eigenvalue weighted by Crippen LogP contribution is 2.18. The Morgan fingerprint density at radius 1 is 1.20 bits per heavy atom. The van der Waals surface area contributed by atoms with E-state index in [2.05, 4.69) is 22.4 Å². The van der Waals surface area contributed by atoms with Crippen molar-refractivity contribution < 1.29 is 4.79 Å². The zero-order valence-electron chi connectivity index (χ0n) is 11.5. The van der Waals surface area contributed by atoms with Crippen LogP contribution in [0.2, 0.25) is 0 Å². The van der Waals surface area contributed by atoms with Crippen LogP contribution in [0.4, 0.5) is 5.82 Å². The lowest BCUT2D eigenvalue weighted by atomic mass is 10.2. The molecule has 3 nitrogen and oxygen atoms in total. The molecule has 0 saturated heterocycles. The number of amides is 1. The van der Waals surface area contributed by atoms with Gasteiger partial charge in [0, 0.05) is 17.5 Å². The average molecular weight is 286 g/mol. The van der Waals surface area contributed by atoms with Gasteiger partial charge in [-0.15, -0.1) is 11.8 Å². The maximum absolute atomic E-state index is 11.8. The number of hydrogen-bond acceptors (Lipinski definition) is 3. The van der Waals surface area contributed by atoms with Crippen molar-refractivity contribution in [3.05, 3.63) is 54.2 Å². The molecular formula is C16H18N2OS. The monoisotopic (exact) mass is 286 g/mol. The zero-order valence-corrected chi connectivity index (χ0v) is 12.3. The molecule has 0 radical (unpaired) electrons. The van der Waals surface area contributed by atoms with E-state index in [0.29, 0.717) is 12.2 Å². The maximum atomic E-state index is 11.8. The number of hydrogen-bond donors (Lipinski definition) is 1. The van der Waals surface area contributed by atoms with E-state index in [4.69, 9.17) is 0 Å². The van der Waals surface area contributed by atoms with Crippen molar-refractivity contribution in [1.29, 1.82) is 0 Å².